The Kier molecular flexibility index (Phi) is 8.01. The van der Waals surface area contributed by atoms with E-state index >= 15 is 0 Å². The van der Waals surface area contributed by atoms with Crippen molar-refractivity contribution in [2.75, 3.05) is 13.1 Å². The van der Waals surface area contributed by atoms with Gasteiger partial charge in [0.25, 0.3) is 11.5 Å². The van der Waals surface area contributed by atoms with E-state index in [0.717, 1.165) is 32.1 Å². The molecule has 0 saturated carbocycles. The Morgan fingerprint density at radius 3 is 2.68 bits per heavy atom. The van der Waals surface area contributed by atoms with E-state index in [4.69, 9.17) is 5.73 Å². The summed E-state index contributed by atoms with van der Waals surface area (Å²) in [6.45, 7) is 6.03. The fourth-order valence-electron chi connectivity index (χ4n) is 3.83. The summed E-state index contributed by atoms with van der Waals surface area (Å²) in [6, 6.07) is 7.35. The molecule has 2 aromatic rings. The molecule has 2 N–H and O–H groups in total. The molecule has 0 spiro atoms. The first kappa shape index (κ1) is 22.4. The average Bonchev–Trinajstić information content (AvgIpc) is 2.69. The van der Waals surface area contributed by atoms with Crippen molar-refractivity contribution in [1.82, 2.24) is 14.7 Å². The highest BCUT2D eigenvalue weighted by Crippen LogP contribution is 2.22. The van der Waals surface area contributed by atoms with E-state index in [-0.39, 0.29) is 29.9 Å². The minimum Gasteiger partial charge on any atom is -0.337 e. The number of carbonyl (C=O) groups is 1. The summed E-state index contributed by atoms with van der Waals surface area (Å²) in [7, 11) is 0. The van der Waals surface area contributed by atoms with E-state index in [9.17, 15) is 9.59 Å². The van der Waals surface area contributed by atoms with Crippen molar-refractivity contribution < 1.29 is 4.79 Å². The first-order valence-corrected chi connectivity index (χ1v) is 10.1. The van der Waals surface area contributed by atoms with Crippen LogP contribution in [0, 0.1) is 5.92 Å². The maximum absolute atomic E-state index is 13.3. The monoisotopic (exact) mass is 406 g/mol. The van der Waals surface area contributed by atoms with Gasteiger partial charge < -0.3 is 10.6 Å². The molecule has 0 radical (unpaired) electrons. The number of hydrogen-bond donors (Lipinski definition) is 1. The third-order valence-electron chi connectivity index (χ3n) is 5.53. The minimum atomic E-state index is -0.120. The van der Waals surface area contributed by atoms with Crippen LogP contribution in [0.1, 0.15) is 56.4 Å². The van der Waals surface area contributed by atoms with Crippen LogP contribution in [0.4, 0.5) is 0 Å². The first-order chi connectivity index (χ1) is 13.0. The van der Waals surface area contributed by atoms with Gasteiger partial charge in [-0.2, -0.15) is 5.10 Å². The van der Waals surface area contributed by atoms with Crippen LogP contribution >= 0.6 is 12.4 Å². The van der Waals surface area contributed by atoms with Crippen molar-refractivity contribution in [3.63, 3.8) is 0 Å². The Hall–Kier alpha value is -1.92. The molecule has 1 amide bonds. The summed E-state index contributed by atoms with van der Waals surface area (Å²) < 4.78 is 1.47. The topological polar surface area (TPSA) is 81.2 Å². The Bertz CT molecular complexity index is 865. The molecule has 3 rings (SSSR count). The predicted molar refractivity (Wildman–Crippen MR) is 115 cm³/mol. The molecule has 28 heavy (non-hydrogen) atoms. The Morgan fingerprint density at radius 1 is 1.29 bits per heavy atom. The van der Waals surface area contributed by atoms with Crippen molar-refractivity contribution in [2.24, 2.45) is 11.7 Å². The lowest BCUT2D eigenvalue weighted by Crippen LogP contribution is -2.45. The number of halogens is 1. The smallest absolute Gasteiger partial charge is 0.274 e. The molecule has 2 unspecified atom stereocenters. The molecule has 2 heterocycles. The fraction of sp³-hybridized carbons (Fsp3) is 0.571. The van der Waals surface area contributed by atoms with Crippen molar-refractivity contribution >= 4 is 29.1 Å². The number of unbranched alkanes of at least 4 members (excludes halogenated alkanes) is 2. The van der Waals surface area contributed by atoms with Gasteiger partial charge in [-0.1, -0.05) is 38.0 Å². The lowest BCUT2D eigenvalue weighted by molar-refractivity contribution is 0.0654. The van der Waals surface area contributed by atoms with E-state index in [2.05, 4.69) is 12.0 Å². The SMILES string of the molecule is CCCCCn1nc(C(=O)N2CCCC(C(C)N)C2)c2ccccc2c1=O.Cl. The first-order valence-electron chi connectivity index (χ1n) is 10.1. The molecule has 0 aliphatic carbocycles. The van der Waals surface area contributed by atoms with E-state index in [1.54, 1.807) is 6.07 Å². The molecule has 1 aliphatic rings. The van der Waals surface area contributed by atoms with Crippen LogP contribution in [0.2, 0.25) is 0 Å². The largest absolute Gasteiger partial charge is 0.337 e. The summed E-state index contributed by atoms with van der Waals surface area (Å²) in [4.78, 5) is 27.9. The number of benzene rings is 1. The summed E-state index contributed by atoms with van der Waals surface area (Å²) in [5.74, 6) is 0.213. The van der Waals surface area contributed by atoms with Crippen LogP contribution < -0.4 is 11.3 Å². The molecule has 0 bridgehead atoms. The highest BCUT2D eigenvalue weighted by Gasteiger charge is 2.28. The lowest BCUT2D eigenvalue weighted by Gasteiger charge is -2.34. The highest BCUT2D eigenvalue weighted by atomic mass is 35.5. The number of likely N-dealkylation sites (tertiary alicyclic amines) is 1. The van der Waals surface area contributed by atoms with Gasteiger partial charge in [-0.15, -0.1) is 12.4 Å². The van der Waals surface area contributed by atoms with Crippen molar-refractivity contribution in [2.45, 2.75) is 58.5 Å². The van der Waals surface area contributed by atoms with Crippen LogP contribution in [0.5, 0.6) is 0 Å². The zero-order chi connectivity index (χ0) is 19.4. The number of aryl methyl sites for hydroxylation is 1. The normalized spacial score (nSPS) is 18.0. The van der Waals surface area contributed by atoms with E-state index < -0.39 is 0 Å². The van der Waals surface area contributed by atoms with Crippen molar-refractivity contribution in [3.05, 3.63) is 40.3 Å². The molecule has 1 saturated heterocycles. The predicted octanol–water partition coefficient (Wildman–Crippen LogP) is 3.21. The molecule has 6 nitrogen and oxygen atoms in total. The molecular weight excluding hydrogens is 376 g/mol. The molecule has 1 aromatic heterocycles. The fourth-order valence-corrected chi connectivity index (χ4v) is 3.83. The van der Waals surface area contributed by atoms with Gasteiger partial charge in [-0.05, 0) is 38.2 Å². The van der Waals surface area contributed by atoms with Crippen molar-refractivity contribution in [1.29, 1.82) is 0 Å². The van der Waals surface area contributed by atoms with Crippen LogP contribution in [-0.2, 0) is 6.54 Å². The molecule has 1 fully saturated rings. The van der Waals surface area contributed by atoms with Gasteiger partial charge in [0.15, 0.2) is 5.69 Å². The molecule has 154 valence electrons. The standard InChI is InChI=1S/C21H30N4O2.ClH/c1-3-4-7-13-25-20(26)18-11-6-5-10-17(18)19(23-25)21(27)24-12-8-9-16(14-24)15(2)22;/h5-6,10-11,15-16H,3-4,7-9,12-14,22H2,1-2H3;1H. The molecule has 1 aromatic carbocycles. The van der Waals surface area contributed by atoms with Gasteiger partial charge in [0.1, 0.15) is 0 Å². The third-order valence-corrected chi connectivity index (χ3v) is 5.53. The number of piperidine rings is 1. The lowest BCUT2D eigenvalue weighted by atomic mass is 9.92. The quantitative estimate of drug-likeness (QED) is 0.747. The van der Waals surface area contributed by atoms with Crippen LogP contribution in [0.3, 0.4) is 0 Å². The Morgan fingerprint density at radius 2 is 2.00 bits per heavy atom. The average molecular weight is 407 g/mol. The number of nitrogens with zero attached hydrogens (tertiary/aromatic N) is 3. The minimum absolute atomic E-state index is 0. The summed E-state index contributed by atoms with van der Waals surface area (Å²) >= 11 is 0. The number of amides is 1. The van der Waals surface area contributed by atoms with E-state index in [1.165, 1.54) is 4.68 Å². The number of carbonyl (C=O) groups excluding carboxylic acids is 1. The van der Waals surface area contributed by atoms with E-state index in [0.29, 0.717) is 42.0 Å². The van der Waals surface area contributed by atoms with Gasteiger partial charge in [0.05, 0.1) is 5.39 Å². The second-order valence-corrected chi connectivity index (χ2v) is 7.64. The molecular formula is C21H31ClN4O2. The van der Waals surface area contributed by atoms with Gasteiger partial charge in [0.2, 0.25) is 0 Å². The zero-order valence-corrected chi connectivity index (χ0v) is 17.6. The highest BCUT2D eigenvalue weighted by molar-refractivity contribution is 6.04. The number of aromatic nitrogens is 2. The third kappa shape index (κ3) is 4.73. The summed E-state index contributed by atoms with van der Waals surface area (Å²) in [6.07, 6.45) is 4.98. The number of hydrogen-bond acceptors (Lipinski definition) is 4. The van der Waals surface area contributed by atoms with Crippen LogP contribution in [-0.4, -0.2) is 39.7 Å². The summed E-state index contributed by atoms with van der Waals surface area (Å²) in [5, 5.41) is 5.70. The van der Waals surface area contributed by atoms with Crippen LogP contribution in [0.15, 0.2) is 29.1 Å². The Labute approximate surface area is 172 Å². The molecule has 2 atom stereocenters. The maximum Gasteiger partial charge on any atom is 0.274 e. The van der Waals surface area contributed by atoms with Gasteiger partial charge >= 0.3 is 0 Å². The Balaban J connectivity index is 0.00000280. The summed E-state index contributed by atoms with van der Waals surface area (Å²) in [5.41, 5.74) is 6.33. The number of fused-ring (bicyclic) bond motifs is 1. The number of rotatable bonds is 6. The maximum atomic E-state index is 13.3. The van der Waals surface area contributed by atoms with Crippen molar-refractivity contribution in [3.8, 4) is 0 Å². The van der Waals surface area contributed by atoms with Gasteiger partial charge in [-0.25, -0.2) is 4.68 Å². The van der Waals surface area contributed by atoms with E-state index in [1.807, 2.05) is 30.0 Å². The number of nitrogens with two attached hydrogens (primary N) is 1. The van der Waals surface area contributed by atoms with Crippen LogP contribution in [0.25, 0.3) is 10.8 Å². The van der Waals surface area contributed by atoms with Gasteiger partial charge in [0, 0.05) is 31.1 Å². The zero-order valence-electron chi connectivity index (χ0n) is 16.8. The second kappa shape index (κ2) is 10.0. The second-order valence-electron chi connectivity index (χ2n) is 7.64. The van der Waals surface area contributed by atoms with Gasteiger partial charge in [-0.3, -0.25) is 9.59 Å². The molecule has 7 heteroatoms. The molecule has 1 aliphatic heterocycles.